The van der Waals surface area contributed by atoms with Gasteiger partial charge in [-0.3, -0.25) is 0 Å². The van der Waals surface area contributed by atoms with Gasteiger partial charge in [-0.05, 0) is 6.42 Å². The van der Waals surface area contributed by atoms with Gasteiger partial charge in [0.25, 0.3) is 0 Å². The molecular weight excluding hydrogens is 175 g/mol. The third-order valence-electron chi connectivity index (χ3n) is 0.888. The quantitative estimate of drug-likeness (QED) is 0.581. The minimum atomic E-state index is 0.292. The molecule has 0 aromatic heterocycles. The van der Waals surface area contributed by atoms with Crippen molar-refractivity contribution in [2.75, 3.05) is 0 Å². The van der Waals surface area contributed by atoms with Crippen LogP contribution in [0.1, 0.15) is 20.3 Å². The second-order valence-electron chi connectivity index (χ2n) is 1.60. The topological polar surface area (TPSA) is 0 Å². The third-order valence-corrected chi connectivity index (χ3v) is 2.52. The van der Waals surface area contributed by atoms with E-state index in [-0.39, 0.29) is 0 Å². The van der Waals surface area contributed by atoms with Crippen LogP contribution in [0.4, 0.5) is 0 Å². The van der Waals surface area contributed by atoms with Gasteiger partial charge in [-0.2, -0.15) is 0 Å². The maximum absolute atomic E-state index is 5.75. The van der Waals surface area contributed by atoms with E-state index in [2.05, 4.69) is 29.8 Å². The summed E-state index contributed by atoms with van der Waals surface area (Å²) in [4.78, 5) is 0.444. The van der Waals surface area contributed by atoms with Crippen molar-refractivity contribution in [3.63, 3.8) is 0 Å². The average molecular weight is 185 g/mol. The highest BCUT2D eigenvalue weighted by atomic mass is 79.9. The molecule has 0 fully saturated rings. The first-order valence-corrected chi connectivity index (χ1v) is 3.81. The Morgan fingerprint density at radius 2 is 2.14 bits per heavy atom. The molecule has 0 nitrogen and oxygen atoms in total. The molecule has 7 heavy (non-hydrogen) atoms. The van der Waals surface area contributed by atoms with Crippen LogP contribution in [-0.2, 0) is 0 Å². The molecule has 0 spiro atoms. The normalized spacial score (nSPS) is 18.9. The van der Waals surface area contributed by atoms with Crippen LogP contribution in [0.15, 0.2) is 0 Å². The van der Waals surface area contributed by atoms with E-state index in [1.54, 1.807) is 0 Å². The maximum Gasteiger partial charge on any atom is 0.0455 e. The fourth-order valence-electron chi connectivity index (χ4n) is 0.325. The zero-order chi connectivity index (χ0) is 5.86. The van der Waals surface area contributed by atoms with Gasteiger partial charge in [-0.25, -0.2) is 0 Å². The van der Waals surface area contributed by atoms with Crippen molar-refractivity contribution in [3.8, 4) is 0 Å². The summed E-state index contributed by atoms with van der Waals surface area (Å²) in [5.41, 5.74) is 0. The summed E-state index contributed by atoms with van der Waals surface area (Å²) < 4.78 is 0. The lowest BCUT2D eigenvalue weighted by Gasteiger charge is -2.06. The van der Waals surface area contributed by atoms with Crippen LogP contribution < -0.4 is 0 Å². The molecule has 2 atom stereocenters. The van der Waals surface area contributed by atoms with Crippen LogP contribution in [0.2, 0.25) is 0 Å². The zero-order valence-corrected chi connectivity index (χ0v) is 6.96. The number of alkyl halides is 2. The molecule has 0 aromatic rings. The number of hydrogen-bond acceptors (Lipinski definition) is 0. The smallest absolute Gasteiger partial charge is 0.0455 e. The molecule has 0 heterocycles. The summed E-state index contributed by atoms with van der Waals surface area (Å²) in [6.07, 6.45) is 1.04. The Bertz CT molecular complexity index is 45.3. The predicted octanol–water partition coefficient (Wildman–Crippen LogP) is 2.79. The molecule has 0 bridgehead atoms. The van der Waals surface area contributed by atoms with Crippen LogP contribution >= 0.6 is 27.5 Å². The van der Waals surface area contributed by atoms with Crippen molar-refractivity contribution in [1.29, 1.82) is 0 Å². The monoisotopic (exact) mass is 184 g/mol. The SMILES string of the molecule is CCC(Cl)C(C)Br. The van der Waals surface area contributed by atoms with Crippen LogP contribution in [0.3, 0.4) is 0 Å². The molecule has 0 rings (SSSR count). The molecule has 0 radical (unpaired) electrons. The first-order chi connectivity index (χ1) is 3.18. The molecule has 0 N–H and O–H groups in total. The third kappa shape index (κ3) is 3.36. The molecule has 0 aliphatic heterocycles. The molecule has 0 aliphatic rings. The predicted molar refractivity (Wildman–Crippen MR) is 38.3 cm³/mol. The first-order valence-electron chi connectivity index (χ1n) is 2.46. The van der Waals surface area contributed by atoms with Crippen LogP contribution in [-0.4, -0.2) is 10.2 Å². The van der Waals surface area contributed by atoms with Gasteiger partial charge in [-0.1, -0.05) is 29.8 Å². The zero-order valence-electron chi connectivity index (χ0n) is 4.62. The van der Waals surface area contributed by atoms with Gasteiger partial charge in [-0.15, -0.1) is 11.6 Å². The number of rotatable bonds is 2. The van der Waals surface area contributed by atoms with E-state index in [9.17, 15) is 0 Å². The van der Waals surface area contributed by atoms with Crippen molar-refractivity contribution < 1.29 is 0 Å². The minimum Gasteiger partial charge on any atom is -0.122 e. The highest BCUT2D eigenvalue weighted by molar-refractivity contribution is 9.09. The molecule has 2 unspecified atom stereocenters. The van der Waals surface area contributed by atoms with Crippen molar-refractivity contribution in [1.82, 2.24) is 0 Å². The highest BCUT2D eigenvalue weighted by Crippen LogP contribution is 2.13. The Morgan fingerprint density at radius 3 is 2.14 bits per heavy atom. The second kappa shape index (κ2) is 3.73. The molecule has 0 saturated heterocycles. The summed E-state index contributed by atoms with van der Waals surface area (Å²) in [7, 11) is 0. The summed E-state index contributed by atoms with van der Waals surface area (Å²) in [6, 6.07) is 0. The number of halogens is 2. The van der Waals surface area contributed by atoms with E-state index >= 15 is 0 Å². The molecule has 0 amide bonds. The van der Waals surface area contributed by atoms with E-state index in [4.69, 9.17) is 11.6 Å². The van der Waals surface area contributed by atoms with E-state index in [1.807, 2.05) is 0 Å². The molecule has 0 aromatic carbocycles. The van der Waals surface area contributed by atoms with Gasteiger partial charge in [0.05, 0.1) is 0 Å². The first kappa shape index (κ1) is 7.77. The number of hydrogen-bond donors (Lipinski definition) is 0. The van der Waals surface area contributed by atoms with Gasteiger partial charge in [0.2, 0.25) is 0 Å². The Balaban J connectivity index is 3.14. The molecule has 0 aliphatic carbocycles. The Morgan fingerprint density at radius 1 is 1.71 bits per heavy atom. The van der Waals surface area contributed by atoms with Gasteiger partial charge >= 0.3 is 0 Å². The average Bonchev–Trinajstić information content (AvgIpc) is 1.65. The lowest BCUT2D eigenvalue weighted by Crippen LogP contribution is -2.07. The highest BCUT2D eigenvalue weighted by Gasteiger charge is 2.05. The van der Waals surface area contributed by atoms with Gasteiger partial charge < -0.3 is 0 Å². The summed E-state index contributed by atoms with van der Waals surface area (Å²) >= 11 is 9.12. The minimum absolute atomic E-state index is 0.292. The lowest BCUT2D eigenvalue weighted by atomic mass is 10.3. The van der Waals surface area contributed by atoms with Crippen molar-refractivity contribution >= 4 is 27.5 Å². The standard InChI is InChI=1S/C5H10BrCl/c1-3-5(7)4(2)6/h4-5H,3H2,1-2H3. The van der Waals surface area contributed by atoms with Crippen LogP contribution in [0.5, 0.6) is 0 Å². The maximum atomic E-state index is 5.75. The fourth-order valence-corrected chi connectivity index (χ4v) is 0.699. The molecular formula is C5H10BrCl. The fraction of sp³-hybridized carbons (Fsp3) is 1.00. The van der Waals surface area contributed by atoms with Crippen molar-refractivity contribution in [2.24, 2.45) is 0 Å². The van der Waals surface area contributed by atoms with E-state index in [0.29, 0.717) is 10.2 Å². The second-order valence-corrected chi connectivity index (χ2v) is 3.61. The molecule has 0 saturated carbocycles. The van der Waals surface area contributed by atoms with Crippen molar-refractivity contribution in [2.45, 2.75) is 30.5 Å². The molecule has 2 heteroatoms. The Hall–Kier alpha value is 0.770. The van der Waals surface area contributed by atoms with Gasteiger partial charge in [0, 0.05) is 10.2 Å². The Kier molecular flexibility index (Phi) is 4.14. The summed E-state index contributed by atoms with van der Waals surface area (Å²) in [6.45, 7) is 4.14. The molecule has 44 valence electrons. The van der Waals surface area contributed by atoms with Crippen LogP contribution in [0, 0.1) is 0 Å². The van der Waals surface area contributed by atoms with Gasteiger partial charge in [0.1, 0.15) is 0 Å². The summed E-state index contributed by atoms with van der Waals surface area (Å²) in [5.74, 6) is 0. The van der Waals surface area contributed by atoms with E-state index in [1.165, 1.54) is 0 Å². The van der Waals surface area contributed by atoms with Crippen molar-refractivity contribution in [3.05, 3.63) is 0 Å². The van der Waals surface area contributed by atoms with E-state index < -0.39 is 0 Å². The van der Waals surface area contributed by atoms with Gasteiger partial charge in [0.15, 0.2) is 0 Å². The van der Waals surface area contributed by atoms with E-state index in [0.717, 1.165) is 6.42 Å². The summed E-state index contributed by atoms with van der Waals surface area (Å²) in [5, 5.41) is 0.292. The Labute approximate surface area is 58.4 Å². The van der Waals surface area contributed by atoms with Crippen LogP contribution in [0.25, 0.3) is 0 Å². The lowest BCUT2D eigenvalue weighted by molar-refractivity contribution is 0.807. The largest absolute Gasteiger partial charge is 0.122 e.